The Morgan fingerprint density at radius 1 is 1.39 bits per heavy atom. The van der Waals surface area contributed by atoms with E-state index in [1.54, 1.807) is 4.90 Å². The summed E-state index contributed by atoms with van der Waals surface area (Å²) < 4.78 is 0. The number of rotatable bonds is 6. The molecule has 1 amide bonds. The van der Waals surface area contributed by atoms with E-state index in [0.717, 1.165) is 38.9 Å². The van der Waals surface area contributed by atoms with E-state index in [-0.39, 0.29) is 5.91 Å². The summed E-state index contributed by atoms with van der Waals surface area (Å²) in [4.78, 5) is 15.5. The molecule has 0 aromatic heterocycles. The van der Waals surface area contributed by atoms with Gasteiger partial charge < -0.3 is 10.2 Å². The molecule has 0 atom stereocenters. The molecule has 1 aliphatic rings. The van der Waals surface area contributed by atoms with Crippen LogP contribution in [0.2, 0.25) is 0 Å². The molecule has 0 bridgehead atoms. The molecule has 1 rings (SSSR count). The van der Waals surface area contributed by atoms with Gasteiger partial charge in [0.15, 0.2) is 0 Å². The summed E-state index contributed by atoms with van der Waals surface area (Å²) in [5.41, 5.74) is 0. The van der Waals surface area contributed by atoms with Crippen molar-refractivity contribution in [2.75, 3.05) is 40.3 Å². The van der Waals surface area contributed by atoms with Crippen LogP contribution in [0.4, 0.5) is 0 Å². The normalized spacial score (nSPS) is 18.4. The fourth-order valence-corrected chi connectivity index (χ4v) is 2.17. The lowest BCUT2D eigenvalue weighted by atomic mass is 10.0. The number of likely N-dealkylation sites (N-methyl/N-ethyl adjacent to an activating group) is 1. The van der Waals surface area contributed by atoms with Crippen LogP contribution in [-0.2, 0) is 4.79 Å². The molecule has 0 aromatic carbocycles. The van der Waals surface area contributed by atoms with Crippen molar-refractivity contribution in [1.29, 1.82) is 0 Å². The van der Waals surface area contributed by atoms with E-state index in [9.17, 15) is 4.79 Å². The maximum Gasteiger partial charge on any atom is 0.236 e. The van der Waals surface area contributed by atoms with Gasteiger partial charge in [0.1, 0.15) is 0 Å². The van der Waals surface area contributed by atoms with Crippen molar-refractivity contribution >= 4 is 5.91 Å². The fourth-order valence-electron chi connectivity index (χ4n) is 2.17. The van der Waals surface area contributed by atoms with E-state index in [2.05, 4.69) is 29.3 Å². The monoisotopic (exact) mass is 253 g/mol. The summed E-state index contributed by atoms with van der Waals surface area (Å²) in [5, 5.41) is 3.58. The van der Waals surface area contributed by atoms with E-state index in [1.807, 2.05) is 14.1 Å². The van der Waals surface area contributed by atoms with Gasteiger partial charge in [-0.2, -0.15) is 0 Å². The molecular weight excluding hydrogens is 226 g/mol. The maximum absolute atomic E-state index is 11.6. The molecule has 0 aliphatic carbocycles. The van der Waals surface area contributed by atoms with Crippen molar-refractivity contribution in [3.63, 3.8) is 0 Å². The second-order valence-electron chi connectivity index (χ2n) is 5.15. The molecule has 104 valence electrons. The van der Waals surface area contributed by atoms with Gasteiger partial charge >= 0.3 is 0 Å². The third-order valence-electron chi connectivity index (χ3n) is 3.42. The Balaban J connectivity index is 2.14. The Labute approximate surface area is 111 Å². The lowest BCUT2D eigenvalue weighted by molar-refractivity contribution is -0.130. The summed E-state index contributed by atoms with van der Waals surface area (Å²) in [6.45, 7) is 5.74. The van der Waals surface area contributed by atoms with Crippen molar-refractivity contribution < 1.29 is 4.79 Å². The molecule has 0 spiro atoms. The van der Waals surface area contributed by atoms with Crippen LogP contribution in [0.5, 0.6) is 0 Å². The molecule has 1 heterocycles. The van der Waals surface area contributed by atoms with Crippen LogP contribution in [0.3, 0.4) is 0 Å². The lowest BCUT2D eigenvalue weighted by Gasteiger charge is -2.32. The minimum atomic E-state index is 0.203. The molecule has 0 radical (unpaired) electrons. The van der Waals surface area contributed by atoms with Crippen LogP contribution in [0.25, 0.3) is 0 Å². The fraction of sp³-hybridized carbons (Fsp3) is 0.786. The number of likely N-dealkylation sites (tertiary alicyclic amines) is 1. The average Bonchev–Trinajstić information content (AvgIpc) is 2.36. The minimum Gasteiger partial charge on any atom is -0.348 e. The first-order chi connectivity index (χ1) is 8.63. The van der Waals surface area contributed by atoms with Gasteiger partial charge in [-0.15, -0.1) is 0 Å². The number of amides is 1. The summed E-state index contributed by atoms with van der Waals surface area (Å²) in [6.07, 6.45) is 7.69. The zero-order chi connectivity index (χ0) is 13.4. The molecule has 4 heteroatoms. The highest BCUT2D eigenvalue weighted by atomic mass is 16.2. The topological polar surface area (TPSA) is 35.6 Å². The molecule has 0 unspecified atom stereocenters. The number of hydrogen-bond acceptors (Lipinski definition) is 3. The zero-order valence-electron chi connectivity index (χ0n) is 12.0. The standard InChI is InChI=1S/C14H27N3O/c1-4-5-6-9-15-13-7-10-17(11-8-13)12-14(18)16(2)3/h4-5,13,15H,6-12H2,1-3H3/b5-4+. The molecule has 0 saturated carbocycles. The predicted molar refractivity (Wildman–Crippen MR) is 75.6 cm³/mol. The van der Waals surface area contributed by atoms with Crippen LogP contribution in [0.15, 0.2) is 12.2 Å². The molecule has 18 heavy (non-hydrogen) atoms. The Morgan fingerprint density at radius 2 is 2.06 bits per heavy atom. The first-order valence-electron chi connectivity index (χ1n) is 6.90. The summed E-state index contributed by atoms with van der Waals surface area (Å²) in [7, 11) is 3.63. The van der Waals surface area contributed by atoms with Gasteiger partial charge in [0, 0.05) is 33.2 Å². The molecule has 1 saturated heterocycles. The highest BCUT2D eigenvalue weighted by Gasteiger charge is 2.20. The first-order valence-corrected chi connectivity index (χ1v) is 6.90. The van der Waals surface area contributed by atoms with Gasteiger partial charge in [-0.1, -0.05) is 12.2 Å². The van der Waals surface area contributed by atoms with Crippen LogP contribution < -0.4 is 5.32 Å². The van der Waals surface area contributed by atoms with Crippen LogP contribution in [0.1, 0.15) is 26.2 Å². The first kappa shape index (κ1) is 15.2. The number of hydrogen-bond donors (Lipinski definition) is 1. The molecule has 0 aromatic rings. The van der Waals surface area contributed by atoms with E-state index >= 15 is 0 Å². The van der Waals surface area contributed by atoms with Gasteiger partial charge in [-0.3, -0.25) is 9.69 Å². The van der Waals surface area contributed by atoms with Crippen molar-refractivity contribution in [2.45, 2.75) is 32.2 Å². The van der Waals surface area contributed by atoms with Gasteiger partial charge in [-0.05, 0) is 32.7 Å². The van der Waals surface area contributed by atoms with Gasteiger partial charge in [-0.25, -0.2) is 0 Å². The summed E-state index contributed by atoms with van der Waals surface area (Å²) in [6, 6.07) is 0.626. The molecule has 1 N–H and O–H groups in total. The molecule has 1 fully saturated rings. The highest BCUT2D eigenvalue weighted by molar-refractivity contribution is 5.77. The Bertz CT molecular complexity index is 268. The summed E-state index contributed by atoms with van der Waals surface area (Å²) >= 11 is 0. The third kappa shape index (κ3) is 5.65. The molecule has 4 nitrogen and oxygen atoms in total. The average molecular weight is 253 g/mol. The number of allylic oxidation sites excluding steroid dienone is 1. The van der Waals surface area contributed by atoms with Crippen LogP contribution >= 0.6 is 0 Å². The molecule has 1 aliphatic heterocycles. The Hall–Kier alpha value is -0.870. The second-order valence-corrected chi connectivity index (χ2v) is 5.15. The number of piperidine rings is 1. The Morgan fingerprint density at radius 3 is 2.61 bits per heavy atom. The van der Waals surface area contributed by atoms with Gasteiger partial charge in [0.2, 0.25) is 5.91 Å². The van der Waals surface area contributed by atoms with E-state index < -0.39 is 0 Å². The largest absolute Gasteiger partial charge is 0.348 e. The number of carbonyl (C=O) groups excluding carboxylic acids is 1. The minimum absolute atomic E-state index is 0.203. The zero-order valence-corrected chi connectivity index (χ0v) is 12.0. The van der Waals surface area contributed by atoms with Crippen molar-refractivity contribution in [1.82, 2.24) is 15.1 Å². The number of carbonyl (C=O) groups is 1. The quantitative estimate of drug-likeness (QED) is 0.569. The Kier molecular flexibility index (Phi) is 6.98. The number of nitrogens with one attached hydrogen (secondary N) is 1. The van der Waals surface area contributed by atoms with Crippen molar-refractivity contribution in [2.24, 2.45) is 0 Å². The van der Waals surface area contributed by atoms with Crippen LogP contribution in [-0.4, -0.2) is 62.0 Å². The van der Waals surface area contributed by atoms with Gasteiger partial charge in [0.25, 0.3) is 0 Å². The third-order valence-corrected chi connectivity index (χ3v) is 3.42. The predicted octanol–water partition coefficient (Wildman–Crippen LogP) is 1.09. The number of nitrogens with zero attached hydrogens (tertiary/aromatic N) is 2. The SMILES string of the molecule is C/C=C/CCNC1CCN(CC(=O)N(C)C)CC1. The van der Waals surface area contributed by atoms with E-state index in [0.29, 0.717) is 12.6 Å². The van der Waals surface area contributed by atoms with Crippen LogP contribution in [0, 0.1) is 0 Å². The van der Waals surface area contributed by atoms with E-state index in [4.69, 9.17) is 0 Å². The lowest BCUT2D eigenvalue weighted by Crippen LogP contribution is -2.46. The maximum atomic E-state index is 11.6. The second kappa shape index (κ2) is 8.27. The smallest absolute Gasteiger partial charge is 0.236 e. The van der Waals surface area contributed by atoms with E-state index in [1.165, 1.54) is 0 Å². The van der Waals surface area contributed by atoms with Crippen molar-refractivity contribution in [3.05, 3.63) is 12.2 Å². The molecular formula is C14H27N3O. The van der Waals surface area contributed by atoms with Crippen molar-refractivity contribution in [3.8, 4) is 0 Å². The summed E-state index contributed by atoms with van der Waals surface area (Å²) in [5.74, 6) is 0.203. The van der Waals surface area contributed by atoms with Gasteiger partial charge in [0.05, 0.1) is 6.54 Å². The highest BCUT2D eigenvalue weighted by Crippen LogP contribution is 2.10.